The highest BCUT2D eigenvalue weighted by Crippen LogP contribution is 2.23. The lowest BCUT2D eigenvalue weighted by molar-refractivity contribution is -0.136. The molecule has 25 heavy (non-hydrogen) atoms. The van der Waals surface area contributed by atoms with Gasteiger partial charge in [-0.25, -0.2) is 9.97 Å². The first-order chi connectivity index (χ1) is 12.0. The molecule has 0 radical (unpaired) electrons. The van der Waals surface area contributed by atoms with Gasteiger partial charge in [0, 0.05) is 30.5 Å². The Balaban J connectivity index is 1.67. The number of hydrogen-bond acceptors (Lipinski definition) is 4. The average Bonchev–Trinajstić information content (AvgIpc) is 2.63. The molecule has 0 spiro atoms. The number of hydrogen-bond donors (Lipinski definition) is 1. The third-order valence-corrected chi connectivity index (χ3v) is 4.74. The van der Waals surface area contributed by atoms with Gasteiger partial charge in [0.15, 0.2) is 5.82 Å². The van der Waals surface area contributed by atoms with Gasteiger partial charge in [-0.2, -0.15) is 0 Å². The molecule has 1 fully saturated rings. The van der Waals surface area contributed by atoms with E-state index >= 15 is 0 Å². The number of benzene rings is 1. The summed E-state index contributed by atoms with van der Waals surface area (Å²) in [7, 11) is 0. The Kier molecular flexibility index (Phi) is 5.07. The maximum Gasteiger partial charge on any atom is 0.227 e. The van der Waals surface area contributed by atoms with Crippen LogP contribution >= 0.6 is 0 Å². The molecule has 1 aromatic heterocycles. The molecule has 130 valence electrons. The molecule has 2 unspecified atom stereocenters. The molecule has 0 bridgehead atoms. The molecule has 0 saturated carbocycles. The number of amides is 2. The van der Waals surface area contributed by atoms with Gasteiger partial charge in [0.1, 0.15) is 0 Å². The van der Waals surface area contributed by atoms with Gasteiger partial charge in [-0.3, -0.25) is 9.59 Å². The minimum absolute atomic E-state index is 0.0298. The summed E-state index contributed by atoms with van der Waals surface area (Å²) >= 11 is 0. The highest BCUT2D eigenvalue weighted by atomic mass is 16.2. The summed E-state index contributed by atoms with van der Waals surface area (Å²) in [5.74, 6) is 0.131. The summed E-state index contributed by atoms with van der Waals surface area (Å²) in [4.78, 5) is 34.3. The van der Waals surface area contributed by atoms with Crippen molar-refractivity contribution >= 4 is 11.8 Å². The number of likely N-dealkylation sites (tertiary alicyclic amines) is 1. The SMILES string of the molecule is CC1CCC(C(N)=O)CN1C(=O)Cc1ccc(-c2ncccn2)cc1. The number of primary amides is 1. The molecule has 2 N–H and O–H groups in total. The fraction of sp³-hybridized carbons (Fsp3) is 0.368. The maximum atomic E-state index is 12.7. The van der Waals surface area contributed by atoms with Crippen molar-refractivity contribution in [2.24, 2.45) is 11.7 Å². The van der Waals surface area contributed by atoms with Crippen molar-refractivity contribution in [3.8, 4) is 11.4 Å². The van der Waals surface area contributed by atoms with Gasteiger partial charge in [0.2, 0.25) is 11.8 Å². The number of nitrogens with two attached hydrogens (primary N) is 1. The highest BCUT2D eigenvalue weighted by molar-refractivity contribution is 5.82. The van der Waals surface area contributed by atoms with Gasteiger partial charge in [-0.1, -0.05) is 24.3 Å². The number of piperidine rings is 1. The van der Waals surface area contributed by atoms with Crippen molar-refractivity contribution < 1.29 is 9.59 Å². The number of carbonyl (C=O) groups excluding carboxylic acids is 2. The standard InChI is InChI=1S/C19H22N4O2/c1-13-3-6-16(18(20)25)12-23(13)17(24)11-14-4-7-15(8-5-14)19-21-9-2-10-22-19/h2,4-5,7-10,13,16H,3,6,11-12H2,1H3,(H2,20,25). The third kappa shape index (κ3) is 4.02. The molecule has 1 aliphatic rings. The van der Waals surface area contributed by atoms with E-state index in [-0.39, 0.29) is 23.8 Å². The van der Waals surface area contributed by atoms with E-state index < -0.39 is 0 Å². The summed E-state index contributed by atoms with van der Waals surface area (Å²) in [6, 6.07) is 9.59. The largest absolute Gasteiger partial charge is 0.369 e. The second kappa shape index (κ2) is 7.42. The van der Waals surface area contributed by atoms with E-state index in [9.17, 15) is 9.59 Å². The van der Waals surface area contributed by atoms with E-state index in [1.165, 1.54) is 0 Å². The zero-order valence-electron chi connectivity index (χ0n) is 14.3. The van der Waals surface area contributed by atoms with Crippen LogP contribution in [-0.4, -0.2) is 39.3 Å². The van der Waals surface area contributed by atoms with E-state index in [1.807, 2.05) is 31.2 Å². The lowest BCUT2D eigenvalue weighted by atomic mass is 9.92. The average molecular weight is 338 g/mol. The van der Waals surface area contributed by atoms with Crippen LogP contribution in [0.4, 0.5) is 0 Å². The third-order valence-electron chi connectivity index (χ3n) is 4.74. The molecule has 2 heterocycles. The molecule has 3 rings (SSSR count). The van der Waals surface area contributed by atoms with Gasteiger partial charge in [-0.05, 0) is 31.4 Å². The second-order valence-corrected chi connectivity index (χ2v) is 6.52. The minimum Gasteiger partial charge on any atom is -0.369 e. The number of aromatic nitrogens is 2. The number of nitrogens with zero attached hydrogens (tertiary/aromatic N) is 3. The van der Waals surface area contributed by atoms with E-state index in [2.05, 4.69) is 9.97 Å². The Morgan fingerprint density at radius 3 is 2.48 bits per heavy atom. The van der Waals surface area contributed by atoms with Crippen molar-refractivity contribution in [1.29, 1.82) is 0 Å². The van der Waals surface area contributed by atoms with Crippen molar-refractivity contribution in [2.45, 2.75) is 32.2 Å². The van der Waals surface area contributed by atoms with Crippen LogP contribution in [-0.2, 0) is 16.0 Å². The molecule has 1 aromatic carbocycles. The first kappa shape index (κ1) is 17.1. The van der Waals surface area contributed by atoms with Crippen LogP contribution in [0.5, 0.6) is 0 Å². The molecule has 1 aliphatic heterocycles. The quantitative estimate of drug-likeness (QED) is 0.920. The Morgan fingerprint density at radius 2 is 1.84 bits per heavy atom. The summed E-state index contributed by atoms with van der Waals surface area (Å²) in [5.41, 5.74) is 7.25. The molecular weight excluding hydrogens is 316 g/mol. The fourth-order valence-electron chi connectivity index (χ4n) is 3.18. The van der Waals surface area contributed by atoms with Crippen molar-refractivity contribution in [1.82, 2.24) is 14.9 Å². The van der Waals surface area contributed by atoms with Crippen LogP contribution < -0.4 is 5.73 Å². The molecule has 6 heteroatoms. The normalized spacial score (nSPS) is 20.3. The minimum atomic E-state index is -0.322. The van der Waals surface area contributed by atoms with Crippen LogP contribution in [0.15, 0.2) is 42.7 Å². The van der Waals surface area contributed by atoms with Gasteiger partial charge in [0.25, 0.3) is 0 Å². The Labute approximate surface area is 147 Å². The Hall–Kier alpha value is -2.76. The predicted molar refractivity (Wildman–Crippen MR) is 94.3 cm³/mol. The second-order valence-electron chi connectivity index (χ2n) is 6.52. The topological polar surface area (TPSA) is 89.2 Å². The number of carbonyl (C=O) groups is 2. The van der Waals surface area contributed by atoms with Crippen LogP contribution in [0.3, 0.4) is 0 Å². The molecule has 6 nitrogen and oxygen atoms in total. The molecule has 2 amide bonds. The lowest BCUT2D eigenvalue weighted by Gasteiger charge is -2.37. The van der Waals surface area contributed by atoms with E-state index in [1.54, 1.807) is 23.4 Å². The van der Waals surface area contributed by atoms with Crippen LogP contribution in [0, 0.1) is 5.92 Å². The fourth-order valence-corrected chi connectivity index (χ4v) is 3.18. The van der Waals surface area contributed by atoms with Crippen LogP contribution in [0.2, 0.25) is 0 Å². The Bertz CT molecular complexity index is 746. The summed E-state index contributed by atoms with van der Waals surface area (Å²) in [6.45, 7) is 2.44. The zero-order valence-corrected chi connectivity index (χ0v) is 14.3. The molecular formula is C19H22N4O2. The zero-order chi connectivity index (χ0) is 17.8. The van der Waals surface area contributed by atoms with Crippen LogP contribution in [0.25, 0.3) is 11.4 Å². The Morgan fingerprint density at radius 1 is 1.16 bits per heavy atom. The summed E-state index contributed by atoms with van der Waals surface area (Å²) in [6.07, 6.45) is 5.28. The van der Waals surface area contributed by atoms with Crippen LogP contribution in [0.1, 0.15) is 25.3 Å². The van der Waals surface area contributed by atoms with Gasteiger partial charge in [0.05, 0.1) is 12.3 Å². The molecule has 1 saturated heterocycles. The van der Waals surface area contributed by atoms with Crippen molar-refractivity contribution in [3.05, 3.63) is 48.3 Å². The molecule has 2 aromatic rings. The van der Waals surface area contributed by atoms with E-state index in [4.69, 9.17) is 5.73 Å². The number of rotatable bonds is 4. The summed E-state index contributed by atoms with van der Waals surface area (Å²) in [5, 5.41) is 0. The van der Waals surface area contributed by atoms with Crippen molar-refractivity contribution in [2.75, 3.05) is 6.54 Å². The van der Waals surface area contributed by atoms with Crippen molar-refractivity contribution in [3.63, 3.8) is 0 Å². The van der Waals surface area contributed by atoms with E-state index in [0.717, 1.165) is 24.0 Å². The van der Waals surface area contributed by atoms with Gasteiger partial charge >= 0.3 is 0 Å². The molecule has 0 aliphatic carbocycles. The maximum absolute atomic E-state index is 12.7. The lowest BCUT2D eigenvalue weighted by Crippen LogP contribution is -2.49. The monoisotopic (exact) mass is 338 g/mol. The predicted octanol–water partition coefficient (Wildman–Crippen LogP) is 1.80. The first-order valence-corrected chi connectivity index (χ1v) is 8.49. The smallest absolute Gasteiger partial charge is 0.227 e. The van der Waals surface area contributed by atoms with E-state index in [0.29, 0.717) is 18.8 Å². The molecule has 2 atom stereocenters. The summed E-state index contributed by atoms with van der Waals surface area (Å²) < 4.78 is 0. The first-order valence-electron chi connectivity index (χ1n) is 8.49. The van der Waals surface area contributed by atoms with Gasteiger partial charge < -0.3 is 10.6 Å². The van der Waals surface area contributed by atoms with Gasteiger partial charge in [-0.15, -0.1) is 0 Å². The highest BCUT2D eigenvalue weighted by Gasteiger charge is 2.31.